The van der Waals surface area contributed by atoms with Crippen LogP contribution in [0.3, 0.4) is 0 Å². The van der Waals surface area contributed by atoms with Crippen LogP contribution in [0.4, 0.5) is 0 Å². The van der Waals surface area contributed by atoms with Gasteiger partial charge in [-0.1, -0.05) is 12.1 Å². The zero-order valence-corrected chi connectivity index (χ0v) is 10.6. The summed E-state index contributed by atoms with van der Waals surface area (Å²) in [5, 5.41) is 15.9. The van der Waals surface area contributed by atoms with Gasteiger partial charge in [0.15, 0.2) is 5.69 Å². The summed E-state index contributed by atoms with van der Waals surface area (Å²) in [5.41, 5.74) is 0.0546. The van der Waals surface area contributed by atoms with E-state index in [-0.39, 0.29) is 18.8 Å². The van der Waals surface area contributed by atoms with E-state index in [4.69, 9.17) is 5.11 Å². The van der Waals surface area contributed by atoms with Crippen LogP contribution >= 0.6 is 0 Å². The second kappa shape index (κ2) is 5.62. The topological polar surface area (TPSA) is 86.3 Å². The van der Waals surface area contributed by atoms with E-state index >= 15 is 0 Å². The number of rotatable bonds is 4. The van der Waals surface area contributed by atoms with Crippen molar-refractivity contribution in [1.29, 1.82) is 0 Å². The average molecular weight is 261 g/mol. The number of aromatic nitrogens is 2. The molecule has 19 heavy (non-hydrogen) atoms. The van der Waals surface area contributed by atoms with Gasteiger partial charge in [-0.15, -0.1) is 0 Å². The number of hydrogen-bond acceptors (Lipinski definition) is 4. The number of nitrogens with zero attached hydrogens (tertiary/aromatic N) is 2. The lowest BCUT2D eigenvalue weighted by Crippen LogP contribution is -2.37. The highest BCUT2D eigenvalue weighted by Crippen LogP contribution is 2.06. The van der Waals surface area contributed by atoms with E-state index in [9.17, 15) is 9.59 Å². The van der Waals surface area contributed by atoms with Gasteiger partial charge in [0, 0.05) is 18.5 Å². The number of aromatic amines is 1. The highest BCUT2D eigenvalue weighted by Gasteiger charge is 2.19. The molecule has 0 unspecified atom stereocenters. The number of nitrogens with one attached hydrogen (secondary N) is 1. The van der Waals surface area contributed by atoms with Gasteiger partial charge in [-0.05, 0) is 19.1 Å². The van der Waals surface area contributed by atoms with Crippen molar-refractivity contribution in [3.8, 4) is 0 Å². The Morgan fingerprint density at radius 1 is 1.42 bits per heavy atom. The molecule has 0 aliphatic carbocycles. The molecule has 0 spiro atoms. The molecule has 6 heteroatoms. The first-order valence-electron chi connectivity index (χ1n) is 6.06. The number of benzene rings is 1. The number of carbonyl (C=O) groups is 1. The summed E-state index contributed by atoms with van der Waals surface area (Å²) in [6.45, 7) is 2.23. The van der Waals surface area contributed by atoms with Gasteiger partial charge in [-0.3, -0.25) is 14.7 Å². The molecule has 2 rings (SSSR count). The van der Waals surface area contributed by atoms with Crippen LogP contribution in [0.1, 0.15) is 17.4 Å². The Balaban J connectivity index is 2.48. The number of H-pyrrole nitrogens is 1. The minimum atomic E-state index is -0.469. The van der Waals surface area contributed by atoms with E-state index in [0.29, 0.717) is 17.4 Å². The van der Waals surface area contributed by atoms with Gasteiger partial charge < -0.3 is 10.0 Å². The predicted octanol–water partition coefficient (Wildman–Crippen LogP) is 0.377. The van der Waals surface area contributed by atoms with E-state index < -0.39 is 11.3 Å². The lowest BCUT2D eigenvalue weighted by molar-refractivity contribution is 0.0724. The van der Waals surface area contributed by atoms with Crippen molar-refractivity contribution in [2.75, 3.05) is 19.7 Å². The molecule has 1 aromatic carbocycles. The summed E-state index contributed by atoms with van der Waals surface area (Å²) >= 11 is 0. The maximum Gasteiger partial charge on any atom is 0.278 e. The molecule has 1 heterocycles. The van der Waals surface area contributed by atoms with E-state index in [0.717, 1.165) is 0 Å². The monoisotopic (exact) mass is 261 g/mol. The zero-order valence-electron chi connectivity index (χ0n) is 10.6. The summed E-state index contributed by atoms with van der Waals surface area (Å²) in [7, 11) is 0. The largest absolute Gasteiger partial charge is 0.395 e. The smallest absolute Gasteiger partial charge is 0.278 e. The fourth-order valence-corrected chi connectivity index (χ4v) is 1.89. The molecular weight excluding hydrogens is 246 g/mol. The maximum absolute atomic E-state index is 12.2. The second-order valence-corrected chi connectivity index (χ2v) is 4.06. The van der Waals surface area contributed by atoms with Crippen molar-refractivity contribution in [2.45, 2.75) is 6.92 Å². The third-order valence-electron chi connectivity index (χ3n) is 2.92. The quantitative estimate of drug-likeness (QED) is 0.833. The van der Waals surface area contributed by atoms with Crippen LogP contribution in [0.5, 0.6) is 0 Å². The van der Waals surface area contributed by atoms with Gasteiger partial charge >= 0.3 is 0 Å². The first-order chi connectivity index (χ1) is 9.19. The summed E-state index contributed by atoms with van der Waals surface area (Å²) in [6.07, 6.45) is 0. The normalized spacial score (nSPS) is 10.6. The van der Waals surface area contributed by atoms with Crippen molar-refractivity contribution in [2.24, 2.45) is 0 Å². The van der Waals surface area contributed by atoms with Gasteiger partial charge in [0.25, 0.3) is 5.91 Å². The number of aliphatic hydroxyl groups excluding tert-OH is 1. The van der Waals surface area contributed by atoms with E-state index in [1.807, 2.05) is 0 Å². The molecule has 1 aromatic heterocycles. The molecule has 0 fully saturated rings. The summed E-state index contributed by atoms with van der Waals surface area (Å²) in [6, 6.07) is 6.89. The number of likely N-dealkylation sites (N-methyl/N-ethyl adjacent to an activating group) is 1. The number of para-hydroxylation sites is 1. The van der Waals surface area contributed by atoms with Crippen LogP contribution < -0.4 is 5.43 Å². The van der Waals surface area contributed by atoms with Crippen molar-refractivity contribution in [3.63, 3.8) is 0 Å². The Hall–Kier alpha value is -2.21. The lowest BCUT2D eigenvalue weighted by atomic mass is 10.2. The third-order valence-corrected chi connectivity index (χ3v) is 2.92. The molecule has 6 nitrogen and oxygen atoms in total. The molecule has 100 valence electrons. The van der Waals surface area contributed by atoms with Crippen LogP contribution in [0, 0.1) is 0 Å². The SMILES string of the molecule is CCN(CCO)C(=O)c1n[nH]c2ccccc2c1=O. The van der Waals surface area contributed by atoms with Crippen LogP contribution in [0.25, 0.3) is 10.9 Å². The lowest BCUT2D eigenvalue weighted by Gasteiger charge is -2.18. The zero-order chi connectivity index (χ0) is 13.8. The van der Waals surface area contributed by atoms with Crippen molar-refractivity contribution in [3.05, 3.63) is 40.2 Å². The number of aliphatic hydroxyl groups is 1. The Morgan fingerprint density at radius 3 is 2.84 bits per heavy atom. The molecule has 0 atom stereocenters. The Kier molecular flexibility index (Phi) is 3.91. The molecule has 0 radical (unpaired) electrons. The highest BCUT2D eigenvalue weighted by molar-refractivity contribution is 5.95. The fourth-order valence-electron chi connectivity index (χ4n) is 1.89. The van der Waals surface area contributed by atoms with Gasteiger partial charge in [0.2, 0.25) is 5.43 Å². The number of carbonyl (C=O) groups excluding carboxylic acids is 1. The van der Waals surface area contributed by atoms with Crippen LogP contribution in [-0.2, 0) is 0 Å². The van der Waals surface area contributed by atoms with Gasteiger partial charge in [-0.2, -0.15) is 5.10 Å². The van der Waals surface area contributed by atoms with Gasteiger partial charge in [-0.25, -0.2) is 0 Å². The number of hydrogen-bond donors (Lipinski definition) is 2. The van der Waals surface area contributed by atoms with Gasteiger partial charge in [0.05, 0.1) is 12.1 Å². The second-order valence-electron chi connectivity index (χ2n) is 4.06. The first kappa shape index (κ1) is 13.2. The van der Waals surface area contributed by atoms with E-state index in [1.54, 1.807) is 31.2 Å². The van der Waals surface area contributed by atoms with Crippen LogP contribution in [0.15, 0.2) is 29.1 Å². The molecule has 0 saturated carbocycles. The van der Waals surface area contributed by atoms with Gasteiger partial charge in [0.1, 0.15) is 0 Å². The summed E-state index contributed by atoms with van der Waals surface area (Å²) < 4.78 is 0. The Bertz CT molecular complexity index is 651. The number of fused-ring (bicyclic) bond motifs is 1. The average Bonchev–Trinajstić information content (AvgIpc) is 2.45. The molecule has 2 aromatic rings. The molecule has 0 saturated heterocycles. The molecule has 1 amide bonds. The highest BCUT2D eigenvalue weighted by atomic mass is 16.3. The fraction of sp³-hybridized carbons (Fsp3) is 0.308. The van der Waals surface area contributed by atoms with Crippen molar-refractivity contribution < 1.29 is 9.90 Å². The third kappa shape index (κ3) is 2.48. The minimum absolute atomic E-state index is 0.144. The summed E-state index contributed by atoms with van der Waals surface area (Å²) in [4.78, 5) is 25.7. The van der Waals surface area contributed by atoms with Crippen LogP contribution in [-0.4, -0.2) is 45.8 Å². The molecular formula is C13H15N3O3. The standard InChI is InChI=1S/C13H15N3O3/c1-2-16(7-8-17)13(19)11-12(18)9-5-3-4-6-10(9)14-15-11/h3-6,17H,2,7-8H2,1H3,(H,14,18). The van der Waals surface area contributed by atoms with E-state index in [1.165, 1.54) is 4.90 Å². The maximum atomic E-state index is 12.2. The molecule has 0 aliphatic rings. The Morgan fingerprint density at radius 2 is 2.16 bits per heavy atom. The molecule has 0 bridgehead atoms. The minimum Gasteiger partial charge on any atom is -0.395 e. The van der Waals surface area contributed by atoms with Crippen molar-refractivity contribution in [1.82, 2.24) is 15.1 Å². The molecule has 0 aliphatic heterocycles. The van der Waals surface area contributed by atoms with Crippen LogP contribution in [0.2, 0.25) is 0 Å². The predicted molar refractivity (Wildman–Crippen MR) is 71.0 cm³/mol. The van der Waals surface area contributed by atoms with E-state index in [2.05, 4.69) is 10.2 Å². The summed E-state index contributed by atoms with van der Waals surface area (Å²) in [5.74, 6) is -0.469. The molecule has 2 N–H and O–H groups in total. The Labute approximate surface area is 109 Å². The number of amides is 1. The first-order valence-corrected chi connectivity index (χ1v) is 6.06. The van der Waals surface area contributed by atoms with Crippen molar-refractivity contribution >= 4 is 16.8 Å².